The molecule has 1 amide bonds. The molecule has 1 heterocycles. The first-order chi connectivity index (χ1) is 11.1. The molecule has 5 nitrogen and oxygen atoms in total. The summed E-state index contributed by atoms with van der Waals surface area (Å²) in [4.78, 5) is 17.8. The highest BCUT2D eigenvalue weighted by Crippen LogP contribution is 2.16. The molecule has 1 unspecified atom stereocenters. The zero-order chi connectivity index (χ0) is 16.7. The predicted molar refractivity (Wildman–Crippen MR) is 88.0 cm³/mol. The van der Waals surface area contributed by atoms with Crippen molar-refractivity contribution >= 4 is 5.91 Å². The van der Waals surface area contributed by atoms with Crippen LogP contribution in [0.1, 0.15) is 18.1 Å². The molecule has 0 aliphatic rings. The molecule has 1 N–H and O–H groups in total. The van der Waals surface area contributed by atoms with Crippen molar-refractivity contribution in [1.82, 2.24) is 9.88 Å². The number of pyridine rings is 1. The van der Waals surface area contributed by atoms with Crippen LogP contribution in [0.2, 0.25) is 0 Å². The van der Waals surface area contributed by atoms with Gasteiger partial charge in [-0.3, -0.25) is 9.78 Å². The summed E-state index contributed by atoms with van der Waals surface area (Å²) < 4.78 is 5.74. The number of carbonyl (C=O) groups excluding carboxylic acids is 1. The topological polar surface area (TPSA) is 62.7 Å². The van der Waals surface area contributed by atoms with Crippen LogP contribution in [0.5, 0.6) is 5.75 Å². The molecule has 1 aromatic heterocycles. The molecule has 0 aliphatic carbocycles. The number of hydrogen-bond acceptors (Lipinski definition) is 4. The summed E-state index contributed by atoms with van der Waals surface area (Å²) in [6.07, 6.45) is 3.77. The van der Waals surface area contributed by atoms with Crippen molar-refractivity contribution in [2.45, 2.75) is 26.0 Å². The first-order valence-corrected chi connectivity index (χ1v) is 7.57. The molecular formula is C18H22N2O3. The van der Waals surface area contributed by atoms with Crippen molar-refractivity contribution in [3.63, 3.8) is 0 Å². The summed E-state index contributed by atoms with van der Waals surface area (Å²) in [6.45, 7) is 2.20. The van der Waals surface area contributed by atoms with Crippen molar-refractivity contribution in [2.75, 3.05) is 13.7 Å². The lowest BCUT2D eigenvalue weighted by Gasteiger charge is -2.23. The minimum absolute atomic E-state index is 0.0315. The minimum atomic E-state index is -0.187. The second-order valence-electron chi connectivity index (χ2n) is 5.51. The number of aromatic nitrogens is 1. The van der Waals surface area contributed by atoms with Crippen LogP contribution in [0.3, 0.4) is 0 Å². The summed E-state index contributed by atoms with van der Waals surface area (Å²) >= 11 is 0. The van der Waals surface area contributed by atoms with Gasteiger partial charge >= 0.3 is 0 Å². The number of nitrogens with zero attached hydrogens (tertiary/aromatic N) is 2. The van der Waals surface area contributed by atoms with E-state index in [4.69, 9.17) is 9.84 Å². The van der Waals surface area contributed by atoms with Gasteiger partial charge in [-0.1, -0.05) is 18.2 Å². The van der Waals surface area contributed by atoms with Crippen molar-refractivity contribution in [3.8, 4) is 5.75 Å². The Morgan fingerprint density at radius 2 is 2.09 bits per heavy atom. The van der Waals surface area contributed by atoms with Gasteiger partial charge in [-0.05, 0) is 30.7 Å². The monoisotopic (exact) mass is 314 g/mol. The normalized spacial score (nSPS) is 11.8. The highest BCUT2D eigenvalue weighted by molar-refractivity contribution is 5.78. The fraction of sp³-hybridized carbons (Fsp3) is 0.333. The number of amides is 1. The van der Waals surface area contributed by atoms with Gasteiger partial charge in [0.05, 0.1) is 19.1 Å². The van der Waals surface area contributed by atoms with Gasteiger partial charge < -0.3 is 14.7 Å². The number of ether oxygens (including phenoxy) is 1. The van der Waals surface area contributed by atoms with Crippen LogP contribution in [0.15, 0.2) is 48.8 Å². The average molecular weight is 314 g/mol. The molecule has 2 rings (SSSR count). The van der Waals surface area contributed by atoms with Crippen LogP contribution in [-0.2, 0) is 17.8 Å². The maximum atomic E-state index is 12.2. The SMILES string of the molecule is CC(CO)N(C)C(=O)Cc1cccc(OCc2cccnc2)c1. The molecule has 0 fully saturated rings. The summed E-state index contributed by atoms with van der Waals surface area (Å²) in [5, 5.41) is 9.12. The van der Waals surface area contributed by atoms with Crippen LogP contribution >= 0.6 is 0 Å². The first kappa shape index (κ1) is 17.0. The summed E-state index contributed by atoms with van der Waals surface area (Å²) in [6, 6.07) is 11.1. The second kappa shape index (κ2) is 8.29. The molecule has 0 bridgehead atoms. The molecule has 1 aromatic carbocycles. The van der Waals surface area contributed by atoms with E-state index in [1.807, 2.05) is 43.3 Å². The molecule has 2 aromatic rings. The van der Waals surface area contributed by atoms with E-state index in [1.54, 1.807) is 24.3 Å². The van der Waals surface area contributed by atoms with Crippen molar-refractivity contribution in [2.24, 2.45) is 0 Å². The Morgan fingerprint density at radius 1 is 1.30 bits per heavy atom. The second-order valence-corrected chi connectivity index (χ2v) is 5.51. The largest absolute Gasteiger partial charge is 0.489 e. The molecule has 0 radical (unpaired) electrons. The molecule has 0 saturated carbocycles. The fourth-order valence-corrected chi connectivity index (χ4v) is 2.06. The third-order valence-corrected chi connectivity index (χ3v) is 3.70. The van der Waals surface area contributed by atoms with Gasteiger partial charge in [0.25, 0.3) is 0 Å². The number of hydrogen-bond donors (Lipinski definition) is 1. The lowest BCUT2D eigenvalue weighted by molar-refractivity contribution is -0.131. The lowest BCUT2D eigenvalue weighted by atomic mass is 10.1. The van der Waals surface area contributed by atoms with Crippen molar-refractivity contribution < 1.29 is 14.6 Å². The maximum absolute atomic E-state index is 12.2. The number of aliphatic hydroxyl groups is 1. The van der Waals surface area contributed by atoms with Crippen LogP contribution in [0.4, 0.5) is 0 Å². The summed E-state index contributed by atoms with van der Waals surface area (Å²) in [5.41, 5.74) is 1.88. The zero-order valence-corrected chi connectivity index (χ0v) is 13.5. The predicted octanol–water partition coefficient (Wildman–Crippen LogP) is 2.04. The highest BCUT2D eigenvalue weighted by Gasteiger charge is 2.15. The third kappa shape index (κ3) is 5.07. The average Bonchev–Trinajstić information content (AvgIpc) is 2.59. The van der Waals surface area contributed by atoms with E-state index < -0.39 is 0 Å². The molecule has 1 atom stereocenters. The molecular weight excluding hydrogens is 292 g/mol. The van der Waals surface area contributed by atoms with Crippen molar-refractivity contribution in [3.05, 3.63) is 59.9 Å². The molecule has 122 valence electrons. The number of benzene rings is 1. The Kier molecular flexibility index (Phi) is 6.11. The van der Waals surface area contributed by atoms with E-state index in [9.17, 15) is 4.79 Å². The molecule has 0 saturated heterocycles. The molecule has 5 heteroatoms. The Balaban J connectivity index is 1.95. The van der Waals surface area contributed by atoms with Crippen LogP contribution in [-0.4, -0.2) is 40.6 Å². The van der Waals surface area contributed by atoms with E-state index in [1.165, 1.54) is 0 Å². The Morgan fingerprint density at radius 3 is 2.78 bits per heavy atom. The van der Waals surface area contributed by atoms with Gasteiger partial charge in [-0.25, -0.2) is 0 Å². The lowest BCUT2D eigenvalue weighted by Crippen LogP contribution is -2.38. The number of carbonyl (C=O) groups is 1. The van der Waals surface area contributed by atoms with E-state index >= 15 is 0 Å². The number of aliphatic hydroxyl groups excluding tert-OH is 1. The van der Waals surface area contributed by atoms with Crippen molar-refractivity contribution in [1.29, 1.82) is 0 Å². The van der Waals surface area contributed by atoms with E-state index in [2.05, 4.69) is 4.98 Å². The van der Waals surface area contributed by atoms with Gasteiger partial charge in [0.2, 0.25) is 5.91 Å². The fourth-order valence-electron chi connectivity index (χ4n) is 2.06. The standard InChI is InChI=1S/C18H22N2O3/c1-14(12-21)20(2)18(22)10-15-5-3-7-17(9-15)23-13-16-6-4-8-19-11-16/h3-9,11,14,21H,10,12-13H2,1-2H3. The quantitative estimate of drug-likeness (QED) is 0.849. The summed E-state index contributed by atoms with van der Waals surface area (Å²) in [5.74, 6) is 0.688. The Bertz CT molecular complexity index is 631. The Hall–Kier alpha value is -2.40. The number of likely N-dealkylation sites (N-methyl/N-ethyl adjacent to an activating group) is 1. The van der Waals surface area contributed by atoms with Gasteiger partial charge in [-0.15, -0.1) is 0 Å². The van der Waals surface area contributed by atoms with Gasteiger partial charge in [0.15, 0.2) is 0 Å². The van der Waals surface area contributed by atoms with Gasteiger partial charge in [0, 0.05) is 25.0 Å². The molecule has 0 aliphatic heterocycles. The minimum Gasteiger partial charge on any atom is -0.489 e. The van der Waals surface area contributed by atoms with Crippen LogP contribution < -0.4 is 4.74 Å². The zero-order valence-electron chi connectivity index (χ0n) is 13.5. The van der Waals surface area contributed by atoms with E-state index in [0.29, 0.717) is 6.61 Å². The van der Waals surface area contributed by atoms with E-state index in [-0.39, 0.29) is 25.0 Å². The Labute approximate surface area is 136 Å². The maximum Gasteiger partial charge on any atom is 0.227 e. The van der Waals surface area contributed by atoms with Gasteiger partial charge in [0.1, 0.15) is 12.4 Å². The molecule has 23 heavy (non-hydrogen) atoms. The van der Waals surface area contributed by atoms with Crippen LogP contribution in [0.25, 0.3) is 0 Å². The van der Waals surface area contributed by atoms with Crippen LogP contribution in [0, 0.1) is 0 Å². The third-order valence-electron chi connectivity index (χ3n) is 3.70. The smallest absolute Gasteiger partial charge is 0.227 e. The highest BCUT2D eigenvalue weighted by atomic mass is 16.5. The first-order valence-electron chi connectivity index (χ1n) is 7.57. The van der Waals surface area contributed by atoms with E-state index in [0.717, 1.165) is 16.9 Å². The summed E-state index contributed by atoms with van der Waals surface area (Å²) in [7, 11) is 1.70. The van der Waals surface area contributed by atoms with Gasteiger partial charge in [-0.2, -0.15) is 0 Å². The molecule has 0 spiro atoms. The number of rotatable bonds is 7.